The number of H-pyrrole nitrogens is 1. The van der Waals surface area contributed by atoms with Crippen LogP contribution in [0.2, 0.25) is 0 Å². The van der Waals surface area contributed by atoms with E-state index in [0.29, 0.717) is 5.95 Å². The third-order valence-corrected chi connectivity index (χ3v) is 5.64. The number of amides is 1. The summed E-state index contributed by atoms with van der Waals surface area (Å²) in [5, 5.41) is 10.2. The molecule has 7 heteroatoms. The summed E-state index contributed by atoms with van der Waals surface area (Å²) in [5.41, 5.74) is 5.21. The van der Waals surface area contributed by atoms with Crippen molar-refractivity contribution in [3.8, 4) is 11.3 Å². The van der Waals surface area contributed by atoms with Gasteiger partial charge in [0, 0.05) is 15.8 Å². The molecule has 0 saturated heterocycles. The Morgan fingerprint density at radius 1 is 1.11 bits per heavy atom. The summed E-state index contributed by atoms with van der Waals surface area (Å²) in [5.74, 6) is 0.447. The number of anilines is 1. The van der Waals surface area contributed by atoms with Crippen LogP contribution in [-0.2, 0) is 4.79 Å². The predicted octanol–water partition coefficient (Wildman–Crippen LogP) is 4.37. The highest BCUT2D eigenvalue weighted by molar-refractivity contribution is 8.00. The Kier molecular flexibility index (Phi) is 5.08. The molecular formula is C21H19N5OS. The van der Waals surface area contributed by atoms with E-state index in [1.807, 2.05) is 18.2 Å². The van der Waals surface area contributed by atoms with Gasteiger partial charge in [0.2, 0.25) is 11.9 Å². The van der Waals surface area contributed by atoms with E-state index >= 15 is 0 Å². The zero-order chi connectivity index (χ0) is 19.5. The number of thioether (sulfide) groups is 1. The van der Waals surface area contributed by atoms with Gasteiger partial charge in [-0.2, -0.15) is 10.1 Å². The van der Waals surface area contributed by atoms with Crippen LogP contribution in [0.25, 0.3) is 22.2 Å². The quantitative estimate of drug-likeness (QED) is 0.495. The number of pyridine rings is 1. The lowest BCUT2D eigenvalue weighted by atomic mass is 10.0. The first kappa shape index (κ1) is 18.2. The van der Waals surface area contributed by atoms with Crippen LogP contribution < -0.4 is 5.32 Å². The summed E-state index contributed by atoms with van der Waals surface area (Å²) in [7, 11) is 0. The Balaban J connectivity index is 1.70. The molecule has 6 nitrogen and oxygen atoms in total. The number of aryl methyl sites for hydroxylation is 2. The highest BCUT2D eigenvalue weighted by Crippen LogP contribution is 2.36. The first-order valence-electron chi connectivity index (χ1n) is 8.86. The maximum Gasteiger partial charge on any atom is 0.237 e. The lowest BCUT2D eigenvalue weighted by molar-refractivity contribution is -0.113. The summed E-state index contributed by atoms with van der Waals surface area (Å²) in [6, 6.07) is 16.4. The van der Waals surface area contributed by atoms with Crippen LogP contribution in [0, 0.1) is 13.8 Å². The molecule has 2 heterocycles. The number of nitrogens with one attached hydrogen (secondary N) is 2. The van der Waals surface area contributed by atoms with E-state index in [9.17, 15) is 4.79 Å². The van der Waals surface area contributed by atoms with E-state index in [1.54, 1.807) is 0 Å². The normalized spacial score (nSPS) is 10.9. The third kappa shape index (κ3) is 3.75. The van der Waals surface area contributed by atoms with Gasteiger partial charge in [0.05, 0.1) is 17.0 Å². The fourth-order valence-electron chi connectivity index (χ4n) is 3.01. The van der Waals surface area contributed by atoms with Gasteiger partial charge in [-0.3, -0.25) is 10.1 Å². The molecule has 2 aromatic heterocycles. The molecule has 0 aliphatic carbocycles. The number of carbonyl (C=O) groups excluding carboxylic acids is 1. The van der Waals surface area contributed by atoms with Crippen LogP contribution in [0.4, 0.5) is 5.95 Å². The van der Waals surface area contributed by atoms with Crippen LogP contribution in [0.5, 0.6) is 0 Å². The van der Waals surface area contributed by atoms with Gasteiger partial charge in [0.1, 0.15) is 6.33 Å². The standard InChI is InChI=1S/C21H19N5OS/c1-13-7-9-15(10-8-13)19-20(14(2)16-5-3-4-6-17(16)24-19)28-11-18(27)25-21-22-12-23-26-21/h3-10,12H,11H2,1-2H3,(H2,22,23,25,26,27). The molecule has 0 radical (unpaired) electrons. The van der Waals surface area contributed by atoms with E-state index < -0.39 is 0 Å². The molecule has 2 aromatic carbocycles. The summed E-state index contributed by atoms with van der Waals surface area (Å²) in [6.45, 7) is 4.14. The molecular weight excluding hydrogens is 370 g/mol. The summed E-state index contributed by atoms with van der Waals surface area (Å²) < 4.78 is 0. The van der Waals surface area contributed by atoms with Crippen LogP contribution in [-0.4, -0.2) is 31.8 Å². The van der Waals surface area contributed by atoms with Crippen molar-refractivity contribution >= 4 is 34.5 Å². The van der Waals surface area contributed by atoms with E-state index in [1.165, 1.54) is 23.7 Å². The van der Waals surface area contributed by atoms with Crippen molar-refractivity contribution in [2.24, 2.45) is 0 Å². The fourth-order valence-corrected chi connectivity index (χ4v) is 3.99. The highest BCUT2D eigenvalue weighted by atomic mass is 32.2. The smallest absolute Gasteiger partial charge is 0.237 e. The van der Waals surface area contributed by atoms with Gasteiger partial charge >= 0.3 is 0 Å². The number of aromatic nitrogens is 4. The van der Waals surface area contributed by atoms with E-state index in [4.69, 9.17) is 4.98 Å². The van der Waals surface area contributed by atoms with Gasteiger partial charge in [-0.15, -0.1) is 11.8 Å². The van der Waals surface area contributed by atoms with Crippen LogP contribution in [0.1, 0.15) is 11.1 Å². The van der Waals surface area contributed by atoms with Crippen molar-refractivity contribution in [1.82, 2.24) is 20.2 Å². The Hall–Kier alpha value is -3.19. The lowest BCUT2D eigenvalue weighted by Crippen LogP contribution is -2.15. The van der Waals surface area contributed by atoms with Crippen LogP contribution in [0.15, 0.2) is 59.8 Å². The number of rotatable bonds is 5. The van der Waals surface area contributed by atoms with Gasteiger partial charge < -0.3 is 0 Å². The van der Waals surface area contributed by atoms with Crippen LogP contribution in [0.3, 0.4) is 0 Å². The predicted molar refractivity (Wildman–Crippen MR) is 112 cm³/mol. The average Bonchev–Trinajstić information content (AvgIpc) is 3.21. The molecule has 0 aliphatic rings. The third-order valence-electron chi connectivity index (χ3n) is 4.44. The summed E-state index contributed by atoms with van der Waals surface area (Å²) in [4.78, 5) is 22.2. The van der Waals surface area contributed by atoms with E-state index in [2.05, 4.69) is 64.7 Å². The number of nitrogens with zero attached hydrogens (tertiary/aromatic N) is 3. The first-order chi connectivity index (χ1) is 13.6. The minimum atomic E-state index is -0.149. The Labute approximate surface area is 166 Å². The highest BCUT2D eigenvalue weighted by Gasteiger charge is 2.16. The van der Waals surface area contributed by atoms with Crippen molar-refractivity contribution < 1.29 is 4.79 Å². The largest absolute Gasteiger partial charge is 0.294 e. The number of fused-ring (bicyclic) bond motifs is 1. The number of benzene rings is 2. The van der Waals surface area contributed by atoms with Crippen molar-refractivity contribution in [3.63, 3.8) is 0 Å². The molecule has 28 heavy (non-hydrogen) atoms. The SMILES string of the molecule is Cc1ccc(-c2nc3ccccc3c(C)c2SCC(=O)Nc2ncn[nH]2)cc1. The number of para-hydroxylation sites is 1. The second kappa shape index (κ2) is 7.82. The second-order valence-corrected chi connectivity index (χ2v) is 7.45. The van der Waals surface area contributed by atoms with Gasteiger partial charge in [-0.05, 0) is 25.5 Å². The number of aromatic amines is 1. The molecule has 0 atom stereocenters. The first-order valence-corrected chi connectivity index (χ1v) is 9.85. The molecule has 0 unspecified atom stereocenters. The molecule has 0 saturated carbocycles. The zero-order valence-electron chi connectivity index (χ0n) is 15.6. The minimum absolute atomic E-state index is 0.149. The monoisotopic (exact) mass is 389 g/mol. The van der Waals surface area contributed by atoms with Gasteiger partial charge in [0.15, 0.2) is 0 Å². The van der Waals surface area contributed by atoms with Crippen molar-refractivity contribution in [3.05, 3.63) is 66.0 Å². The molecule has 0 spiro atoms. The Bertz CT molecular complexity index is 1120. The Morgan fingerprint density at radius 2 is 1.89 bits per heavy atom. The number of carbonyl (C=O) groups is 1. The van der Waals surface area contributed by atoms with Crippen molar-refractivity contribution in [2.75, 3.05) is 11.1 Å². The molecule has 4 rings (SSSR count). The zero-order valence-corrected chi connectivity index (χ0v) is 16.4. The second-order valence-electron chi connectivity index (χ2n) is 6.47. The van der Waals surface area contributed by atoms with Gasteiger partial charge in [-0.25, -0.2) is 10.1 Å². The van der Waals surface area contributed by atoms with E-state index in [-0.39, 0.29) is 11.7 Å². The molecule has 4 aromatic rings. The number of hydrogen-bond donors (Lipinski definition) is 2. The topological polar surface area (TPSA) is 83.6 Å². The van der Waals surface area contributed by atoms with Gasteiger partial charge in [-0.1, -0.05) is 48.0 Å². The summed E-state index contributed by atoms with van der Waals surface area (Å²) >= 11 is 1.48. The van der Waals surface area contributed by atoms with Crippen LogP contribution >= 0.6 is 11.8 Å². The molecule has 0 bridgehead atoms. The fraction of sp³-hybridized carbons (Fsp3) is 0.143. The lowest BCUT2D eigenvalue weighted by Gasteiger charge is -2.15. The summed E-state index contributed by atoms with van der Waals surface area (Å²) in [6.07, 6.45) is 1.36. The maximum absolute atomic E-state index is 12.3. The molecule has 2 N–H and O–H groups in total. The van der Waals surface area contributed by atoms with Crippen molar-refractivity contribution in [2.45, 2.75) is 18.7 Å². The molecule has 140 valence electrons. The van der Waals surface area contributed by atoms with Gasteiger partial charge in [0.25, 0.3) is 0 Å². The molecule has 1 amide bonds. The Morgan fingerprint density at radius 3 is 2.64 bits per heavy atom. The average molecular weight is 389 g/mol. The molecule has 0 aliphatic heterocycles. The van der Waals surface area contributed by atoms with Crippen molar-refractivity contribution in [1.29, 1.82) is 0 Å². The van der Waals surface area contributed by atoms with E-state index in [0.717, 1.165) is 32.6 Å². The molecule has 0 fully saturated rings. The maximum atomic E-state index is 12.3. The number of hydrogen-bond acceptors (Lipinski definition) is 5. The minimum Gasteiger partial charge on any atom is -0.294 e.